The van der Waals surface area contributed by atoms with Gasteiger partial charge in [0.15, 0.2) is 0 Å². The zero-order valence-electron chi connectivity index (χ0n) is 15.1. The number of aromatic nitrogens is 3. The normalized spacial score (nSPS) is 11.1. The molecule has 0 fully saturated rings. The fraction of sp³-hybridized carbons (Fsp3) is 0.263. The third-order valence-corrected chi connectivity index (χ3v) is 5.22. The Balaban J connectivity index is 1.74. The molecule has 0 bridgehead atoms. The number of thioether (sulfide) groups is 1. The molecule has 0 unspecified atom stereocenters. The second-order valence-corrected chi connectivity index (χ2v) is 7.20. The minimum atomic E-state index is 0.616. The maximum Gasteiger partial charge on any atom is 0.203 e. The summed E-state index contributed by atoms with van der Waals surface area (Å²) in [4.78, 5) is 3.46. The van der Waals surface area contributed by atoms with Crippen LogP contribution in [-0.2, 0) is 13.2 Å². The van der Waals surface area contributed by atoms with Gasteiger partial charge in [-0.3, -0.25) is 9.47 Å². The number of ether oxygens (including phenoxy) is 1. The standard InChI is InChI=1S/C19H22N4OS2/c1-21(12-15-8-10-16(26-3)11-9-15)14-23-19(25)22(13-20-23)17-6-4-5-7-18(17)24-2/h4-11,13H,12,14H2,1-3H3. The Morgan fingerprint density at radius 1 is 1.15 bits per heavy atom. The van der Waals surface area contributed by atoms with Crippen LogP contribution in [0, 0.1) is 4.77 Å². The summed E-state index contributed by atoms with van der Waals surface area (Å²) in [6.07, 6.45) is 3.82. The van der Waals surface area contributed by atoms with Gasteiger partial charge in [-0.1, -0.05) is 24.3 Å². The van der Waals surface area contributed by atoms with Crippen molar-refractivity contribution < 1.29 is 4.74 Å². The van der Waals surface area contributed by atoms with Gasteiger partial charge < -0.3 is 4.74 Å². The lowest BCUT2D eigenvalue weighted by Gasteiger charge is -2.16. The van der Waals surface area contributed by atoms with Crippen LogP contribution >= 0.6 is 24.0 Å². The van der Waals surface area contributed by atoms with E-state index in [1.54, 1.807) is 25.2 Å². The summed E-state index contributed by atoms with van der Waals surface area (Å²) in [7, 11) is 3.72. The van der Waals surface area contributed by atoms with Gasteiger partial charge >= 0.3 is 0 Å². The lowest BCUT2D eigenvalue weighted by atomic mass is 10.2. The molecule has 0 amide bonds. The number of para-hydroxylation sites is 2. The van der Waals surface area contributed by atoms with Gasteiger partial charge in [0, 0.05) is 11.4 Å². The minimum absolute atomic E-state index is 0.616. The lowest BCUT2D eigenvalue weighted by molar-refractivity contribution is 0.244. The molecule has 0 aliphatic heterocycles. The average molecular weight is 387 g/mol. The molecular weight excluding hydrogens is 364 g/mol. The number of nitrogens with zero attached hydrogens (tertiary/aromatic N) is 4. The van der Waals surface area contributed by atoms with Crippen LogP contribution in [0.15, 0.2) is 59.8 Å². The summed E-state index contributed by atoms with van der Waals surface area (Å²) in [6, 6.07) is 16.4. The van der Waals surface area contributed by atoms with Crippen LogP contribution in [0.2, 0.25) is 0 Å². The molecule has 5 nitrogen and oxygen atoms in total. The van der Waals surface area contributed by atoms with E-state index in [9.17, 15) is 0 Å². The van der Waals surface area contributed by atoms with E-state index in [1.807, 2.05) is 33.5 Å². The van der Waals surface area contributed by atoms with Crippen molar-refractivity contribution in [3.63, 3.8) is 0 Å². The molecule has 0 N–H and O–H groups in total. The van der Waals surface area contributed by atoms with Crippen molar-refractivity contribution in [2.75, 3.05) is 20.4 Å². The van der Waals surface area contributed by atoms with Gasteiger partial charge in [-0.25, -0.2) is 4.68 Å². The summed E-state index contributed by atoms with van der Waals surface area (Å²) in [5, 5.41) is 4.45. The first-order valence-electron chi connectivity index (χ1n) is 8.21. The van der Waals surface area contributed by atoms with Gasteiger partial charge in [0.25, 0.3) is 0 Å². The van der Waals surface area contributed by atoms with Crippen molar-refractivity contribution in [1.82, 2.24) is 19.2 Å². The minimum Gasteiger partial charge on any atom is -0.495 e. The third-order valence-electron chi connectivity index (χ3n) is 4.07. The predicted molar refractivity (Wildman–Crippen MR) is 109 cm³/mol. The van der Waals surface area contributed by atoms with E-state index in [1.165, 1.54) is 10.5 Å². The molecule has 0 saturated heterocycles. The number of hydrogen-bond donors (Lipinski definition) is 0. The molecular formula is C19H22N4OS2. The molecule has 2 aromatic carbocycles. The van der Waals surface area contributed by atoms with Crippen molar-refractivity contribution in [2.24, 2.45) is 0 Å². The van der Waals surface area contributed by atoms with E-state index in [0.29, 0.717) is 11.4 Å². The summed E-state index contributed by atoms with van der Waals surface area (Å²) in [5.41, 5.74) is 2.16. The maximum atomic E-state index is 5.61. The highest BCUT2D eigenvalue weighted by Crippen LogP contribution is 2.22. The SMILES string of the molecule is COc1ccccc1-n1cnn(CN(C)Cc2ccc(SC)cc2)c1=S. The smallest absolute Gasteiger partial charge is 0.203 e. The Hall–Kier alpha value is -2.09. The van der Waals surface area contributed by atoms with E-state index < -0.39 is 0 Å². The third kappa shape index (κ3) is 4.17. The van der Waals surface area contributed by atoms with Crippen LogP contribution in [0.25, 0.3) is 5.69 Å². The van der Waals surface area contributed by atoms with Gasteiger partial charge in [0.1, 0.15) is 12.1 Å². The van der Waals surface area contributed by atoms with Crippen LogP contribution in [-0.4, -0.2) is 39.7 Å². The highest BCUT2D eigenvalue weighted by atomic mass is 32.2. The first kappa shape index (κ1) is 18.7. The molecule has 136 valence electrons. The molecule has 0 atom stereocenters. The van der Waals surface area contributed by atoms with Crippen LogP contribution in [0.3, 0.4) is 0 Å². The number of benzene rings is 2. The highest BCUT2D eigenvalue weighted by Gasteiger charge is 2.10. The van der Waals surface area contributed by atoms with Gasteiger partial charge in [-0.2, -0.15) is 5.10 Å². The fourth-order valence-electron chi connectivity index (χ4n) is 2.75. The van der Waals surface area contributed by atoms with Crippen molar-refractivity contribution in [3.8, 4) is 11.4 Å². The second-order valence-electron chi connectivity index (χ2n) is 5.96. The Bertz CT molecular complexity index is 918. The van der Waals surface area contributed by atoms with Crippen LogP contribution in [0.4, 0.5) is 0 Å². The molecule has 1 heterocycles. The van der Waals surface area contributed by atoms with Gasteiger partial charge in [-0.05, 0) is 55.4 Å². The molecule has 0 spiro atoms. The van der Waals surface area contributed by atoms with E-state index in [0.717, 1.165) is 18.0 Å². The van der Waals surface area contributed by atoms with Crippen molar-refractivity contribution in [3.05, 3.63) is 65.2 Å². The van der Waals surface area contributed by atoms with E-state index in [2.05, 4.69) is 47.6 Å². The maximum absolute atomic E-state index is 5.61. The van der Waals surface area contributed by atoms with Crippen molar-refractivity contribution in [2.45, 2.75) is 18.1 Å². The molecule has 3 rings (SSSR count). The topological polar surface area (TPSA) is 35.2 Å². The van der Waals surface area contributed by atoms with Crippen LogP contribution in [0.1, 0.15) is 5.56 Å². The van der Waals surface area contributed by atoms with Gasteiger partial charge in [0.2, 0.25) is 4.77 Å². The first-order chi connectivity index (χ1) is 12.6. The predicted octanol–water partition coefficient (Wildman–Crippen LogP) is 4.22. The molecule has 0 radical (unpaired) electrons. The lowest BCUT2D eigenvalue weighted by Crippen LogP contribution is -2.22. The zero-order valence-corrected chi connectivity index (χ0v) is 16.8. The molecule has 0 aliphatic rings. The Kier molecular flexibility index (Phi) is 6.13. The van der Waals surface area contributed by atoms with Crippen LogP contribution < -0.4 is 4.74 Å². The fourth-order valence-corrected chi connectivity index (χ4v) is 3.41. The molecule has 1 aromatic heterocycles. The van der Waals surface area contributed by atoms with Gasteiger partial charge in [-0.15, -0.1) is 11.8 Å². The van der Waals surface area contributed by atoms with Crippen LogP contribution in [0.5, 0.6) is 5.75 Å². The summed E-state index contributed by atoms with van der Waals surface area (Å²) in [6.45, 7) is 1.45. The Morgan fingerprint density at radius 3 is 2.58 bits per heavy atom. The van der Waals surface area contributed by atoms with Crippen molar-refractivity contribution in [1.29, 1.82) is 0 Å². The Morgan fingerprint density at radius 2 is 1.88 bits per heavy atom. The highest BCUT2D eigenvalue weighted by molar-refractivity contribution is 7.98. The number of rotatable bonds is 7. The zero-order chi connectivity index (χ0) is 18.5. The number of methoxy groups -OCH3 is 1. The molecule has 3 aromatic rings. The monoisotopic (exact) mass is 386 g/mol. The van der Waals surface area contributed by atoms with E-state index in [-0.39, 0.29) is 0 Å². The van der Waals surface area contributed by atoms with Gasteiger partial charge in [0.05, 0.1) is 19.5 Å². The summed E-state index contributed by atoms with van der Waals surface area (Å²) < 4.78 is 9.75. The molecule has 26 heavy (non-hydrogen) atoms. The molecule has 0 saturated carbocycles. The molecule has 7 heteroatoms. The first-order valence-corrected chi connectivity index (χ1v) is 9.85. The van der Waals surface area contributed by atoms with Crippen molar-refractivity contribution >= 4 is 24.0 Å². The Labute approximate surface area is 163 Å². The quantitative estimate of drug-likeness (QED) is 0.449. The number of hydrogen-bond acceptors (Lipinski definition) is 5. The molecule has 0 aliphatic carbocycles. The summed E-state index contributed by atoms with van der Waals surface area (Å²) >= 11 is 7.36. The summed E-state index contributed by atoms with van der Waals surface area (Å²) in [5.74, 6) is 0.769. The average Bonchev–Trinajstić information content (AvgIpc) is 3.02. The largest absolute Gasteiger partial charge is 0.495 e. The van der Waals surface area contributed by atoms with E-state index in [4.69, 9.17) is 17.0 Å². The second kappa shape index (κ2) is 8.53. The van der Waals surface area contributed by atoms with E-state index >= 15 is 0 Å².